The first-order chi connectivity index (χ1) is 12.6. The van der Waals surface area contributed by atoms with Gasteiger partial charge in [0.15, 0.2) is 0 Å². The molecule has 2 amide bonds. The molecule has 1 aliphatic carbocycles. The van der Waals surface area contributed by atoms with Crippen LogP contribution >= 0.6 is 0 Å². The molecular formula is C18H20F4N2O3. The third-order valence-electron chi connectivity index (χ3n) is 5.45. The molecule has 1 aromatic rings. The lowest BCUT2D eigenvalue weighted by atomic mass is 9.96. The molecule has 1 saturated carbocycles. The molecule has 2 N–H and O–H groups in total. The predicted molar refractivity (Wildman–Crippen MR) is 87.6 cm³/mol. The fourth-order valence-corrected chi connectivity index (χ4v) is 3.97. The fraction of sp³-hybridized carbons (Fsp3) is 0.556. The molecule has 0 bridgehead atoms. The van der Waals surface area contributed by atoms with Crippen LogP contribution in [-0.4, -0.2) is 47.3 Å². The summed E-state index contributed by atoms with van der Waals surface area (Å²) in [5, 5.41) is 11.7. The quantitative estimate of drug-likeness (QED) is 0.780. The average molecular weight is 388 g/mol. The number of nitrogens with zero attached hydrogens (tertiary/aromatic N) is 1. The summed E-state index contributed by atoms with van der Waals surface area (Å²) in [6, 6.07) is 5.24. The zero-order chi connectivity index (χ0) is 19.8. The minimum Gasteiger partial charge on any atom is -0.481 e. The Morgan fingerprint density at radius 1 is 1.11 bits per heavy atom. The lowest BCUT2D eigenvalue weighted by Gasteiger charge is -2.21. The van der Waals surface area contributed by atoms with Crippen molar-refractivity contribution < 1.29 is 32.3 Å². The van der Waals surface area contributed by atoms with Crippen LogP contribution in [-0.2, 0) is 4.79 Å². The summed E-state index contributed by atoms with van der Waals surface area (Å²) < 4.78 is 52.1. The molecular weight excluding hydrogens is 368 g/mol. The van der Waals surface area contributed by atoms with Gasteiger partial charge >= 0.3 is 18.2 Å². The molecule has 5 nitrogen and oxygen atoms in total. The van der Waals surface area contributed by atoms with Crippen LogP contribution in [0.5, 0.6) is 0 Å². The summed E-state index contributed by atoms with van der Waals surface area (Å²) in [6.07, 6.45) is -2.62. The molecule has 27 heavy (non-hydrogen) atoms. The summed E-state index contributed by atoms with van der Waals surface area (Å²) in [7, 11) is 0. The number of carboxylic acids is 1. The summed E-state index contributed by atoms with van der Waals surface area (Å²) in [6.45, 7) is -1.11. The van der Waals surface area contributed by atoms with Gasteiger partial charge in [0.1, 0.15) is 5.82 Å². The van der Waals surface area contributed by atoms with Gasteiger partial charge in [0.05, 0.1) is 11.8 Å². The Morgan fingerprint density at radius 2 is 1.78 bits per heavy atom. The van der Waals surface area contributed by atoms with E-state index in [2.05, 4.69) is 5.32 Å². The molecule has 4 atom stereocenters. The van der Waals surface area contributed by atoms with Gasteiger partial charge in [0.2, 0.25) is 0 Å². The van der Waals surface area contributed by atoms with Crippen molar-refractivity contribution in [2.45, 2.75) is 37.4 Å². The van der Waals surface area contributed by atoms with Gasteiger partial charge in [-0.05, 0) is 42.9 Å². The number of likely N-dealkylation sites (tertiary alicyclic amines) is 1. The number of hydrogen-bond acceptors (Lipinski definition) is 2. The molecule has 9 heteroatoms. The minimum absolute atomic E-state index is 0.143. The molecule has 1 saturated heterocycles. The molecule has 2 aliphatic rings. The van der Waals surface area contributed by atoms with Crippen molar-refractivity contribution in [3.63, 3.8) is 0 Å². The van der Waals surface area contributed by atoms with E-state index in [9.17, 15) is 27.2 Å². The Bertz CT molecular complexity index is 708. The topological polar surface area (TPSA) is 69.6 Å². The Morgan fingerprint density at radius 3 is 2.33 bits per heavy atom. The van der Waals surface area contributed by atoms with Gasteiger partial charge in [-0.3, -0.25) is 4.79 Å². The van der Waals surface area contributed by atoms with E-state index >= 15 is 0 Å². The van der Waals surface area contributed by atoms with E-state index in [1.54, 1.807) is 12.1 Å². The number of nitrogens with one attached hydrogen (secondary N) is 1. The predicted octanol–water partition coefficient (Wildman–Crippen LogP) is 3.37. The number of carboxylic acid groups (broad SMARTS) is 1. The number of benzene rings is 1. The number of rotatable bonds is 3. The Labute approximate surface area is 153 Å². The number of carbonyl (C=O) groups excluding carboxylic acids is 1. The van der Waals surface area contributed by atoms with E-state index in [0.29, 0.717) is 12.8 Å². The number of hydrogen-bond donors (Lipinski definition) is 2. The van der Waals surface area contributed by atoms with E-state index < -0.39 is 43.1 Å². The highest BCUT2D eigenvalue weighted by Crippen LogP contribution is 2.38. The van der Waals surface area contributed by atoms with Crippen molar-refractivity contribution in [1.82, 2.24) is 10.2 Å². The van der Waals surface area contributed by atoms with Gasteiger partial charge in [-0.25, -0.2) is 9.18 Å². The molecule has 0 aromatic heterocycles. The maximum absolute atomic E-state index is 13.0. The monoisotopic (exact) mass is 388 g/mol. The molecule has 1 aliphatic heterocycles. The van der Waals surface area contributed by atoms with Crippen LogP contribution in [0, 0.1) is 17.7 Å². The van der Waals surface area contributed by atoms with Crippen molar-refractivity contribution in [2.75, 3.05) is 13.1 Å². The highest BCUT2D eigenvalue weighted by Gasteiger charge is 2.53. The van der Waals surface area contributed by atoms with Crippen LogP contribution in [0.3, 0.4) is 0 Å². The second kappa shape index (κ2) is 7.36. The number of aliphatic carboxylic acids is 1. The third kappa shape index (κ3) is 4.33. The standard InChI is InChI=1S/C18H20F4N2O3/c19-12-4-1-10(2-5-12)11-3-6-13(7-11)23-17(27)24-8-14(16(25)26)15(9-24)18(20,21)22/h1-2,4-5,11,13-15H,3,6-9H2,(H,23,27)(H,25,26)/t11?,13?,14-,15-/m1/s1. The van der Waals surface area contributed by atoms with Crippen LogP contribution in [0.25, 0.3) is 0 Å². The van der Waals surface area contributed by atoms with Crippen molar-refractivity contribution in [2.24, 2.45) is 11.8 Å². The largest absolute Gasteiger partial charge is 0.481 e. The molecule has 148 valence electrons. The maximum atomic E-state index is 13.0. The van der Waals surface area contributed by atoms with Crippen LogP contribution < -0.4 is 5.32 Å². The Kier molecular flexibility index (Phi) is 5.30. The second-order valence-corrected chi connectivity index (χ2v) is 7.21. The summed E-state index contributed by atoms with van der Waals surface area (Å²) >= 11 is 0. The summed E-state index contributed by atoms with van der Waals surface area (Å²) in [5.41, 5.74) is 0.956. The fourth-order valence-electron chi connectivity index (χ4n) is 3.97. The van der Waals surface area contributed by atoms with Crippen molar-refractivity contribution in [3.8, 4) is 0 Å². The van der Waals surface area contributed by atoms with Gasteiger partial charge < -0.3 is 15.3 Å². The van der Waals surface area contributed by atoms with Gasteiger partial charge in [-0.1, -0.05) is 12.1 Å². The van der Waals surface area contributed by atoms with Crippen LogP contribution in [0.1, 0.15) is 30.7 Å². The lowest BCUT2D eigenvalue weighted by Crippen LogP contribution is -2.43. The molecule has 3 rings (SSSR count). The zero-order valence-electron chi connectivity index (χ0n) is 14.4. The van der Waals surface area contributed by atoms with E-state index in [1.807, 2.05) is 0 Å². The highest BCUT2D eigenvalue weighted by atomic mass is 19.4. The third-order valence-corrected chi connectivity index (χ3v) is 5.45. The van der Waals surface area contributed by atoms with E-state index in [4.69, 9.17) is 5.11 Å². The van der Waals surface area contributed by atoms with Crippen molar-refractivity contribution in [3.05, 3.63) is 35.6 Å². The Balaban J connectivity index is 1.58. The number of halogens is 4. The van der Waals surface area contributed by atoms with Crippen molar-refractivity contribution >= 4 is 12.0 Å². The van der Waals surface area contributed by atoms with Gasteiger partial charge in [-0.15, -0.1) is 0 Å². The van der Waals surface area contributed by atoms with E-state index in [-0.39, 0.29) is 17.8 Å². The van der Waals surface area contributed by atoms with Gasteiger partial charge in [0.25, 0.3) is 0 Å². The van der Waals surface area contributed by atoms with Crippen LogP contribution in [0.15, 0.2) is 24.3 Å². The number of alkyl halides is 3. The highest BCUT2D eigenvalue weighted by molar-refractivity contribution is 5.78. The number of urea groups is 1. The molecule has 2 unspecified atom stereocenters. The lowest BCUT2D eigenvalue weighted by molar-refractivity contribution is -0.187. The summed E-state index contributed by atoms with van der Waals surface area (Å²) in [5.74, 6) is -5.44. The molecule has 1 heterocycles. The average Bonchev–Trinajstić information content (AvgIpc) is 3.22. The Hall–Kier alpha value is -2.32. The van der Waals surface area contributed by atoms with Crippen LogP contribution in [0.4, 0.5) is 22.4 Å². The molecule has 2 fully saturated rings. The summed E-state index contributed by atoms with van der Waals surface area (Å²) in [4.78, 5) is 24.4. The first-order valence-electron chi connectivity index (χ1n) is 8.75. The maximum Gasteiger partial charge on any atom is 0.394 e. The number of carbonyl (C=O) groups is 2. The van der Waals surface area contributed by atoms with Gasteiger partial charge in [-0.2, -0.15) is 13.2 Å². The second-order valence-electron chi connectivity index (χ2n) is 7.21. The van der Waals surface area contributed by atoms with Gasteiger partial charge in [0, 0.05) is 19.1 Å². The zero-order valence-corrected chi connectivity index (χ0v) is 14.4. The molecule has 1 aromatic carbocycles. The SMILES string of the molecule is O=C(O)[C@@H]1CN(C(=O)NC2CCC(c3ccc(F)cc3)C2)C[C@H]1C(F)(F)F. The first kappa shape index (κ1) is 19.4. The van der Waals surface area contributed by atoms with Crippen LogP contribution in [0.2, 0.25) is 0 Å². The molecule has 0 radical (unpaired) electrons. The van der Waals surface area contributed by atoms with E-state index in [0.717, 1.165) is 16.9 Å². The smallest absolute Gasteiger partial charge is 0.394 e. The minimum atomic E-state index is -4.67. The normalized spacial score (nSPS) is 28.4. The number of amides is 2. The first-order valence-corrected chi connectivity index (χ1v) is 8.75. The molecule has 0 spiro atoms. The van der Waals surface area contributed by atoms with Crippen molar-refractivity contribution in [1.29, 1.82) is 0 Å². The van der Waals surface area contributed by atoms with E-state index in [1.165, 1.54) is 12.1 Å².